The number of carboxylic acid groups (broad SMARTS) is 1. The molecule has 10 rings (SSSR count). The summed E-state index contributed by atoms with van der Waals surface area (Å²) in [5.41, 5.74) is 15.7. The Bertz CT molecular complexity index is 3310. The number of nitrogens with two attached hydrogens (primary N) is 1. The van der Waals surface area contributed by atoms with Gasteiger partial charge in [0.1, 0.15) is 17.0 Å². The van der Waals surface area contributed by atoms with Crippen LogP contribution in [0.15, 0.2) is 122 Å². The first-order valence-corrected chi connectivity index (χ1v) is 28.2. The van der Waals surface area contributed by atoms with E-state index in [1.807, 2.05) is 77.9 Å². The van der Waals surface area contributed by atoms with Crippen LogP contribution in [0, 0.1) is 42.9 Å². The Morgan fingerprint density at radius 3 is 1.50 bits per heavy atom. The Labute approximate surface area is 530 Å². The van der Waals surface area contributed by atoms with Crippen molar-refractivity contribution < 1.29 is 64.9 Å². The Morgan fingerprint density at radius 1 is 0.643 bits per heavy atom. The van der Waals surface area contributed by atoms with Crippen LogP contribution in [0.3, 0.4) is 0 Å². The summed E-state index contributed by atoms with van der Waals surface area (Å²) in [6.45, 7) is 10.9. The van der Waals surface area contributed by atoms with Gasteiger partial charge in [-0.25, -0.2) is 29.5 Å². The van der Waals surface area contributed by atoms with Crippen LogP contribution in [-0.4, -0.2) is 82.0 Å². The summed E-state index contributed by atoms with van der Waals surface area (Å²) in [6.07, 6.45) is 15.4. The third-order valence-electron chi connectivity index (χ3n) is 14.0. The molecule has 2 radical (unpaired) electrons. The second-order valence-electron chi connectivity index (χ2n) is 22.7. The number of rotatable bonds is 12. The largest absolute Gasteiger partial charge is 0.481 e. The number of aromatic nitrogens is 4. The molecule has 16 nitrogen and oxygen atoms in total. The number of halogens is 2. The number of anilines is 5. The Morgan fingerprint density at radius 2 is 1.06 bits per heavy atom. The first-order valence-electron chi connectivity index (χ1n) is 28.1. The predicted molar refractivity (Wildman–Crippen MR) is 335 cm³/mol. The second kappa shape index (κ2) is 30.9. The van der Waals surface area contributed by atoms with Crippen LogP contribution in [0.25, 0.3) is 11.1 Å². The normalized spacial score (nSPS) is 17.5. The van der Waals surface area contributed by atoms with E-state index in [9.17, 15) is 24.3 Å². The molecule has 20 heteroatoms. The van der Waals surface area contributed by atoms with Gasteiger partial charge in [0, 0.05) is 92.1 Å². The molecule has 7 N–H and O–H groups in total. The van der Waals surface area contributed by atoms with E-state index in [0.29, 0.717) is 51.8 Å². The van der Waals surface area contributed by atoms with Gasteiger partial charge in [-0.05, 0) is 158 Å². The van der Waals surface area contributed by atoms with Gasteiger partial charge in [0.05, 0.1) is 39.7 Å². The smallest absolute Gasteiger partial charge is 0.412 e. The van der Waals surface area contributed by atoms with Crippen molar-refractivity contribution in [1.82, 2.24) is 19.9 Å². The number of allylic oxidation sites excluding steroid dienone is 2. The van der Waals surface area contributed by atoms with Gasteiger partial charge in [-0.2, -0.15) is 0 Å². The second-order valence-corrected chi connectivity index (χ2v) is 23.5. The van der Waals surface area contributed by atoms with Crippen molar-refractivity contribution in [2.24, 2.45) is 11.8 Å². The molecule has 2 aromatic heterocycles. The number of carbonyl (C=O) groups is 4. The average molecular weight is 1410 g/mol. The Kier molecular flexibility index (Phi) is 24.4. The zero-order valence-corrected chi connectivity index (χ0v) is 53.4. The minimum Gasteiger partial charge on any atom is -0.481 e. The summed E-state index contributed by atoms with van der Waals surface area (Å²) in [6, 6.07) is 30.9. The third-order valence-corrected chi connectivity index (χ3v) is 14.6. The van der Waals surface area contributed by atoms with Gasteiger partial charge in [-0.15, -0.1) is 0 Å². The first-order chi connectivity index (χ1) is 39.6. The number of ether oxygens (including phenoxy) is 2. The van der Waals surface area contributed by atoms with E-state index in [2.05, 4.69) is 81.0 Å². The first kappa shape index (κ1) is 66.4. The fourth-order valence-corrected chi connectivity index (χ4v) is 10.6. The summed E-state index contributed by atoms with van der Waals surface area (Å²) in [5, 5.41) is 22.4. The molecule has 4 aliphatic carbocycles. The molecule has 2 fully saturated rings. The van der Waals surface area contributed by atoms with E-state index >= 15 is 0 Å². The number of hydrogen-bond acceptors (Lipinski definition) is 13. The third kappa shape index (κ3) is 19.7. The van der Waals surface area contributed by atoms with Gasteiger partial charge < -0.3 is 30.9 Å². The maximum absolute atomic E-state index is 13.2. The van der Waals surface area contributed by atoms with Crippen LogP contribution in [0.4, 0.5) is 38.5 Å². The van der Waals surface area contributed by atoms with Crippen LogP contribution >= 0.6 is 23.2 Å². The number of ketones is 1. The number of aliphatic carboxylic acids is 1. The number of carboxylic acids is 1. The van der Waals surface area contributed by atoms with E-state index in [0.717, 1.165) is 97.0 Å². The number of fused-ring (bicyclic) bond motifs is 2. The van der Waals surface area contributed by atoms with Gasteiger partial charge in [0.2, 0.25) is 11.9 Å². The molecule has 2 amide bonds. The number of nitrogens with zero attached hydrogens (tertiary/aromatic N) is 4. The van der Waals surface area contributed by atoms with E-state index in [1.54, 1.807) is 48.8 Å². The number of amides is 2. The Hall–Kier alpha value is -6.70. The number of hydrogen-bond donors (Lipinski definition) is 6. The van der Waals surface area contributed by atoms with Crippen molar-refractivity contribution in [2.45, 2.75) is 143 Å². The van der Waals surface area contributed by atoms with Crippen LogP contribution in [0.2, 0.25) is 10.0 Å². The van der Waals surface area contributed by atoms with Crippen LogP contribution in [-0.2, 0) is 38.3 Å². The number of Topliss-reactive ketones (excluding diaryl/α,β-unsaturated/α-hetero) is 1. The van der Waals surface area contributed by atoms with Gasteiger partial charge >= 0.3 is 18.2 Å². The van der Waals surface area contributed by atoms with Crippen LogP contribution in [0.1, 0.15) is 140 Å². The summed E-state index contributed by atoms with van der Waals surface area (Å²) in [4.78, 5) is 66.0. The molecule has 6 aromatic rings. The van der Waals surface area contributed by atoms with Gasteiger partial charge in [-0.3, -0.25) is 20.2 Å². The fraction of sp³-hybridized carbons (Fsp3) is 0.375. The zero-order valence-electron chi connectivity index (χ0n) is 48.7. The average Bonchev–Trinajstić information content (AvgIpc) is 2.50. The minimum absolute atomic E-state index is 0. The van der Waals surface area contributed by atoms with Crippen LogP contribution < -0.4 is 27.0 Å². The summed E-state index contributed by atoms with van der Waals surface area (Å²) in [5.74, 6) is 0.229. The fourth-order valence-electron chi connectivity index (χ4n) is 10.3. The standard InChI is InChI=1S/C32H35ClN4O3.C20H20ClN3O2.C11H16N2O2.CH4.BH.U/c1-32(2,3)40-31(39)36-23-14-11-20(12-15-23)17-28(38)22-8-6-9-24(18-22)35-30-34-19-27(33)29(37-30)26-16-13-21-7-4-5-10-25(21)26;21-17-11-22-20(23-14-6-3-5-13(10-14)19(25)26)24-18(17)16-9-8-12-4-1-2-7-15(12)16;1-11(2,3)15-10(14)13-9-6-4-8(12)5-7-9;;;/h4-5,7,10-12,14-16,19,22,24H,6,8-9,13,17-18H2,1-3H3,(H,36,39)(H,34,35,37);1-2,4,7,9,11,13-14H,3,5-6,8,10H2,(H,25,26)(H,22,23,24);4-7H,12H2,1-3H3,(H,13,14);1H4;1H;/t22-,24+;13-,14+;;;;/m00..../s1/i;;;;1T;. The van der Waals surface area contributed by atoms with E-state index < -0.39 is 29.4 Å². The topological polar surface area (TPSA) is 233 Å². The molecule has 2 heterocycles. The molecule has 0 bridgehead atoms. The number of nitrogen functional groups attached to an aromatic ring is 1. The molecule has 0 unspecified atom stereocenters. The molecule has 440 valence electrons. The Balaban J connectivity index is 0.000000252. The van der Waals surface area contributed by atoms with E-state index in [4.69, 9.17) is 44.7 Å². The number of benzene rings is 4. The molecule has 84 heavy (non-hydrogen) atoms. The van der Waals surface area contributed by atoms with Crippen molar-refractivity contribution in [3.05, 3.63) is 171 Å². The number of carbonyl (C=O) groups excluding carboxylic acids is 3. The molecule has 0 aliphatic heterocycles. The molecular formula is C64H76BCl2N9O7U. The number of nitrogens with one attached hydrogen (secondary N) is 4. The van der Waals surface area contributed by atoms with Crippen molar-refractivity contribution in [1.29, 1.82) is 1.34 Å². The SMILES string of the molecule is C.CC(C)(C)OC(=O)Nc1ccc(CC(=O)[C@H]2CCC[C@@H](Nc3ncc(Cl)c(C4=CCc5ccccc54)n3)C2)cc1.CC(C)(C)OC(=O)Nc1ccc(N)cc1.O=C(O)[C@H]1CCC[C@@H](Nc2ncc(Cl)c(C3=CCc4ccccc43)n2)C1.[3H][B].[U]. The quantitative estimate of drug-likeness (QED) is 0.0494. The molecule has 4 aromatic carbocycles. The molecule has 2 saturated carbocycles. The molecular weight excluding hydrogens is 1330 g/mol. The maximum Gasteiger partial charge on any atom is 0.412 e. The predicted octanol–water partition coefficient (Wildman–Crippen LogP) is 14.0. The zero-order chi connectivity index (χ0) is 59.8. The van der Waals surface area contributed by atoms with Gasteiger partial charge in [0.15, 0.2) is 0 Å². The van der Waals surface area contributed by atoms with Crippen molar-refractivity contribution in [3.8, 4) is 0 Å². The van der Waals surface area contributed by atoms with Gasteiger partial charge in [0.25, 0.3) is 0 Å². The molecule has 4 aliphatic rings. The van der Waals surface area contributed by atoms with Gasteiger partial charge in [-0.1, -0.05) is 116 Å². The van der Waals surface area contributed by atoms with E-state index in [1.165, 1.54) is 11.1 Å². The molecule has 4 atom stereocenters. The molecule has 0 spiro atoms. The minimum atomic E-state index is -0.720. The summed E-state index contributed by atoms with van der Waals surface area (Å²) >= 11 is 12.9. The maximum atomic E-state index is 13.2. The van der Waals surface area contributed by atoms with Crippen molar-refractivity contribution in [3.63, 3.8) is 0 Å². The molecule has 0 saturated heterocycles. The van der Waals surface area contributed by atoms with Crippen molar-refractivity contribution >= 4 is 95.6 Å². The van der Waals surface area contributed by atoms with Crippen LogP contribution in [0.5, 0.6) is 0 Å². The summed E-state index contributed by atoms with van der Waals surface area (Å²) in [7, 11) is 3.75. The van der Waals surface area contributed by atoms with E-state index in [-0.39, 0.29) is 68.2 Å². The van der Waals surface area contributed by atoms with Crippen molar-refractivity contribution in [2.75, 3.05) is 27.0 Å². The summed E-state index contributed by atoms with van der Waals surface area (Å²) < 4.78 is 15.6. The monoisotopic (exact) mass is 1400 g/mol.